The highest BCUT2D eigenvalue weighted by atomic mass is 15.2. The Balaban J connectivity index is 2.09. The Labute approximate surface area is 103 Å². The molecule has 0 saturated heterocycles. The molecule has 0 spiro atoms. The van der Waals surface area contributed by atoms with E-state index >= 15 is 0 Å². The molecular formula is C13H24N4. The number of nitrogens with two attached hydrogens (primary N) is 1. The highest BCUT2D eigenvalue weighted by Gasteiger charge is 2.27. The normalized spacial score (nSPS) is 21.4. The number of hydrogen-bond donors (Lipinski definition) is 2. The second kappa shape index (κ2) is 5.17. The first-order chi connectivity index (χ1) is 8.13. The summed E-state index contributed by atoms with van der Waals surface area (Å²) in [4.78, 5) is 4.63. The lowest BCUT2D eigenvalue weighted by Crippen LogP contribution is -2.34. The SMILES string of the molecule is CCCC(C)(N)c1n[nH]c(C2CCCCC2)n1. The van der Waals surface area contributed by atoms with Gasteiger partial charge in [0, 0.05) is 5.92 Å². The molecular weight excluding hydrogens is 212 g/mol. The van der Waals surface area contributed by atoms with Crippen LogP contribution in [0.3, 0.4) is 0 Å². The zero-order valence-electron chi connectivity index (χ0n) is 11.0. The number of hydrogen-bond acceptors (Lipinski definition) is 3. The Kier molecular flexibility index (Phi) is 3.82. The molecule has 1 aromatic heterocycles. The van der Waals surface area contributed by atoms with Crippen molar-refractivity contribution >= 4 is 0 Å². The summed E-state index contributed by atoms with van der Waals surface area (Å²) in [5.74, 6) is 2.40. The average molecular weight is 236 g/mol. The lowest BCUT2D eigenvalue weighted by molar-refractivity contribution is 0.415. The van der Waals surface area contributed by atoms with Crippen LogP contribution in [-0.4, -0.2) is 15.2 Å². The molecule has 1 saturated carbocycles. The van der Waals surface area contributed by atoms with Crippen LogP contribution in [0.4, 0.5) is 0 Å². The summed E-state index contributed by atoms with van der Waals surface area (Å²) < 4.78 is 0. The van der Waals surface area contributed by atoms with E-state index in [2.05, 4.69) is 22.1 Å². The third-order valence-electron chi connectivity index (χ3n) is 3.77. The Hall–Kier alpha value is -0.900. The Morgan fingerprint density at radius 2 is 2.06 bits per heavy atom. The fourth-order valence-electron chi connectivity index (χ4n) is 2.72. The van der Waals surface area contributed by atoms with Crippen molar-refractivity contribution in [3.8, 4) is 0 Å². The van der Waals surface area contributed by atoms with Crippen LogP contribution in [0.5, 0.6) is 0 Å². The van der Waals surface area contributed by atoms with Gasteiger partial charge >= 0.3 is 0 Å². The molecule has 4 heteroatoms. The largest absolute Gasteiger partial charge is 0.319 e. The van der Waals surface area contributed by atoms with Crippen LogP contribution in [0, 0.1) is 0 Å². The van der Waals surface area contributed by atoms with Gasteiger partial charge in [-0.2, -0.15) is 5.10 Å². The maximum Gasteiger partial charge on any atom is 0.170 e. The summed E-state index contributed by atoms with van der Waals surface area (Å²) in [5, 5.41) is 7.42. The Morgan fingerprint density at radius 3 is 2.71 bits per heavy atom. The molecule has 1 unspecified atom stereocenters. The van der Waals surface area contributed by atoms with E-state index in [1.165, 1.54) is 32.1 Å². The van der Waals surface area contributed by atoms with Gasteiger partial charge in [0.2, 0.25) is 0 Å². The number of aromatic nitrogens is 3. The van der Waals surface area contributed by atoms with Gasteiger partial charge in [0.15, 0.2) is 5.82 Å². The predicted molar refractivity (Wildman–Crippen MR) is 68.7 cm³/mol. The Morgan fingerprint density at radius 1 is 1.35 bits per heavy atom. The molecule has 0 radical (unpaired) electrons. The van der Waals surface area contributed by atoms with Crippen LogP contribution < -0.4 is 5.73 Å². The third-order valence-corrected chi connectivity index (χ3v) is 3.77. The molecule has 96 valence electrons. The van der Waals surface area contributed by atoms with Crippen molar-refractivity contribution in [1.82, 2.24) is 15.2 Å². The van der Waals surface area contributed by atoms with E-state index in [4.69, 9.17) is 5.73 Å². The zero-order valence-corrected chi connectivity index (χ0v) is 11.0. The fourth-order valence-corrected chi connectivity index (χ4v) is 2.72. The molecule has 4 nitrogen and oxygen atoms in total. The number of nitrogens with zero attached hydrogens (tertiary/aromatic N) is 2. The fraction of sp³-hybridized carbons (Fsp3) is 0.846. The summed E-state index contributed by atoms with van der Waals surface area (Å²) in [7, 11) is 0. The highest BCUT2D eigenvalue weighted by molar-refractivity contribution is 5.06. The summed E-state index contributed by atoms with van der Waals surface area (Å²) in [6.45, 7) is 4.16. The first-order valence-electron chi connectivity index (χ1n) is 6.85. The maximum absolute atomic E-state index is 6.25. The summed E-state index contributed by atoms with van der Waals surface area (Å²) in [6, 6.07) is 0. The quantitative estimate of drug-likeness (QED) is 0.844. The van der Waals surface area contributed by atoms with Crippen LogP contribution in [0.2, 0.25) is 0 Å². The average Bonchev–Trinajstić information content (AvgIpc) is 2.80. The minimum absolute atomic E-state index is 0.391. The summed E-state index contributed by atoms with van der Waals surface area (Å²) >= 11 is 0. The molecule has 1 aromatic rings. The lowest BCUT2D eigenvalue weighted by atomic mass is 9.89. The van der Waals surface area contributed by atoms with Crippen molar-refractivity contribution < 1.29 is 0 Å². The molecule has 1 atom stereocenters. The van der Waals surface area contributed by atoms with E-state index in [9.17, 15) is 0 Å². The Bertz CT molecular complexity index is 350. The molecule has 1 fully saturated rings. The van der Waals surface area contributed by atoms with E-state index in [-0.39, 0.29) is 0 Å². The topological polar surface area (TPSA) is 67.6 Å². The summed E-state index contributed by atoms with van der Waals surface area (Å²) in [6.07, 6.45) is 8.45. The number of rotatable bonds is 4. The number of aromatic amines is 1. The van der Waals surface area contributed by atoms with Crippen molar-refractivity contribution in [3.63, 3.8) is 0 Å². The molecule has 1 aliphatic rings. The van der Waals surface area contributed by atoms with Gasteiger partial charge in [0.05, 0.1) is 5.54 Å². The van der Waals surface area contributed by atoms with Gasteiger partial charge in [-0.1, -0.05) is 32.6 Å². The monoisotopic (exact) mass is 236 g/mol. The molecule has 0 aliphatic heterocycles. The maximum atomic E-state index is 6.25. The van der Waals surface area contributed by atoms with Crippen LogP contribution in [-0.2, 0) is 5.54 Å². The van der Waals surface area contributed by atoms with E-state index in [0.717, 1.165) is 24.5 Å². The third kappa shape index (κ3) is 2.86. The molecule has 1 aliphatic carbocycles. The minimum atomic E-state index is -0.391. The summed E-state index contributed by atoms with van der Waals surface area (Å²) in [5.41, 5.74) is 5.86. The molecule has 0 amide bonds. The second-order valence-electron chi connectivity index (χ2n) is 5.55. The van der Waals surface area contributed by atoms with Crippen LogP contribution in [0.25, 0.3) is 0 Å². The van der Waals surface area contributed by atoms with Gasteiger partial charge in [-0.3, -0.25) is 5.10 Å². The van der Waals surface area contributed by atoms with Crippen molar-refractivity contribution in [2.24, 2.45) is 5.73 Å². The van der Waals surface area contributed by atoms with E-state index in [1.54, 1.807) is 0 Å². The highest BCUT2D eigenvalue weighted by Crippen LogP contribution is 2.31. The molecule has 0 bridgehead atoms. The van der Waals surface area contributed by atoms with Crippen LogP contribution >= 0.6 is 0 Å². The second-order valence-corrected chi connectivity index (χ2v) is 5.55. The van der Waals surface area contributed by atoms with Crippen molar-refractivity contribution in [2.45, 2.75) is 70.3 Å². The van der Waals surface area contributed by atoms with E-state index in [1.807, 2.05) is 6.92 Å². The minimum Gasteiger partial charge on any atom is -0.319 e. The standard InChI is InChI=1S/C13H24N4/c1-3-9-13(2,14)12-15-11(16-17-12)10-7-5-4-6-8-10/h10H,3-9,14H2,1-2H3,(H,15,16,17). The van der Waals surface area contributed by atoms with Gasteiger partial charge in [-0.15, -0.1) is 0 Å². The number of H-pyrrole nitrogens is 1. The van der Waals surface area contributed by atoms with Gasteiger partial charge in [0.1, 0.15) is 5.82 Å². The smallest absolute Gasteiger partial charge is 0.170 e. The van der Waals surface area contributed by atoms with Gasteiger partial charge < -0.3 is 5.73 Å². The molecule has 2 rings (SSSR count). The molecule has 1 heterocycles. The molecule has 3 N–H and O–H groups in total. The number of nitrogens with one attached hydrogen (secondary N) is 1. The van der Waals surface area contributed by atoms with Crippen LogP contribution in [0.15, 0.2) is 0 Å². The first kappa shape index (κ1) is 12.6. The molecule has 0 aromatic carbocycles. The van der Waals surface area contributed by atoms with Crippen LogP contribution in [0.1, 0.15) is 76.4 Å². The van der Waals surface area contributed by atoms with Gasteiger partial charge in [-0.05, 0) is 26.2 Å². The first-order valence-corrected chi connectivity index (χ1v) is 6.85. The van der Waals surface area contributed by atoms with E-state index < -0.39 is 5.54 Å². The van der Waals surface area contributed by atoms with Crippen molar-refractivity contribution in [2.75, 3.05) is 0 Å². The zero-order chi connectivity index (χ0) is 12.3. The van der Waals surface area contributed by atoms with Crippen molar-refractivity contribution in [3.05, 3.63) is 11.6 Å². The predicted octanol–water partition coefficient (Wildman–Crippen LogP) is 2.83. The molecule has 17 heavy (non-hydrogen) atoms. The van der Waals surface area contributed by atoms with Gasteiger partial charge in [0.25, 0.3) is 0 Å². The van der Waals surface area contributed by atoms with Gasteiger partial charge in [-0.25, -0.2) is 4.98 Å². The lowest BCUT2D eigenvalue weighted by Gasteiger charge is -2.20. The van der Waals surface area contributed by atoms with Crippen molar-refractivity contribution in [1.29, 1.82) is 0 Å². The van der Waals surface area contributed by atoms with E-state index in [0.29, 0.717) is 5.92 Å².